The number of urea groups is 1. The normalized spacial score (nSPS) is 18.1. The van der Waals surface area contributed by atoms with Crippen LogP contribution in [0.3, 0.4) is 0 Å². The Morgan fingerprint density at radius 2 is 2.03 bits per heavy atom. The number of carbonyl (C=O) groups is 2. The number of aliphatic hydroxyl groups is 1. The first-order valence-corrected chi connectivity index (χ1v) is 12.1. The highest BCUT2D eigenvalue weighted by atomic mass is 19.1. The van der Waals surface area contributed by atoms with E-state index < -0.39 is 18.0 Å². The maximum atomic E-state index is 13.5. The lowest BCUT2D eigenvalue weighted by Crippen LogP contribution is -2.50. The lowest BCUT2D eigenvalue weighted by Gasteiger charge is -2.37. The van der Waals surface area contributed by atoms with Crippen LogP contribution in [-0.4, -0.2) is 96.3 Å². The smallest absolute Gasteiger partial charge is 0.321 e. The first-order chi connectivity index (χ1) is 17.6. The zero-order chi connectivity index (χ0) is 27.1. The molecule has 0 fully saturated rings. The summed E-state index contributed by atoms with van der Waals surface area (Å²) in [7, 11) is 5.46. The number of anilines is 1. The Morgan fingerprint density at radius 1 is 1.32 bits per heavy atom. The number of rotatable bonds is 6. The van der Waals surface area contributed by atoms with Gasteiger partial charge >= 0.3 is 6.03 Å². The highest BCUT2D eigenvalue weighted by Crippen LogP contribution is 2.27. The van der Waals surface area contributed by atoms with Crippen molar-refractivity contribution in [3.63, 3.8) is 0 Å². The van der Waals surface area contributed by atoms with Gasteiger partial charge in [-0.2, -0.15) is 0 Å². The van der Waals surface area contributed by atoms with Crippen LogP contribution in [0.4, 0.5) is 14.9 Å². The molecule has 3 rings (SSSR count). The monoisotopic (exact) mass is 511 g/mol. The van der Waals surface area contributed by atoms with Crippen molar-refractivity contribution in [2.45, 2.75) is 26.0 Å². The van der Waals surface area contributed by atoms with E-state index in [1.165, 1.54) is 29.2 Å². The highest BCUT2D eigenvalue weighted by molar-refractivity contribution is 5.97. The number of fused-ring (bicyclic) bond motifs is 1. The maximum Gasteiger partial charge on any atom is 0.321 e. The van der Waals surface area contributed by atoms with Crippen molar-refractivity contribution in [3.8, 4) is 17.7 Å². The SMILES string of the molecule is CC(CO)N1C[C@H](C)[C@H](CN(C)C(=O)Nc2ccc(F)cc2)Oc2ncc(C#CCN(C)C)cc2C1=O. The van der Waals surface area contributed by atoms with Gasteiger partial charge in [-0.3, -0.25) is 9.69 Å². The van der Waals surface area contributed by atoms with E-state index in [-0.39, 0.29) is 42.5 Å². The molecule has 2 N–H and O–H groups in total. The second-order valence-electron chi connectivity index (χ2n) is 9.56. The lowest BCUT2D eigenvalue weighted by molar-refractivity contribution is 0.0356. The Bertz CT molecular complexity index is 1160. The number of hydrogen-bond acceptors (Lipinski definition) is 6. The van der Waals surface area contributed by atoms with Crippen molar-refractivity contribution in [1.82, 2.24) is 19.7 Å². The largest absolute Gasteiger partial charge is 0.472 e. The van der Waals surface area contributed by atoms with Crippen LogP contribution in [0.15, 0.2) is 36.5 Å². The molecule has 0 saturated heterocycles. The quantitative estimate of drug-likeness (QED) is 0.579. The van der Waals surface area contributed by atoms with Gasteiger partial charge in [0.1, 0.15) is 17.5 Å². The van der Waals surface area contributed by atoms with E-state index in [0.29, 0.717) is 24.3 Å². The van der Waals surface area contributed by atoms with Crippen LogP contribution in [0.5, 0.6) is 5.88 Å². The summed E-state index contributed by atoms with van der Waals surface area (Å²) in [5.41, 5.74) is 1.30. The van der Waals surface area contributed by atoms with Crippen LogP contribution in [0.25, 0.3) is 0 Å². The average molecular weight is 512 g/mol. The van der Waals surface area contributed by atoms with Crippen molar-refractivity contribution in [1.29, 1.82) is 0 Å². The van der Waals surface area contributed by atoms with Gasteiger partial charge in [-0.05, 0) is 51.4 Å². The van der Waals surface area contributed by atoms with Gasteiger partial charge < -0.3 is 25.0 Å². The van der Waals surface area contributed by atoms with E-state index in [0.717, 1.165) is 0 Å². The van der Waals surface area contributed by atoms with Gasteiger partial charge in [-0.25, -0.2) is 14.2 Å². The number of likely N-dealkylation sites (N-methyl/N-ethyl adjacent to an activating group) is 1. The van der Waals surface area contributed by atoms with Gasteiger partial charge in [0, 0.05) is 37.0 Å². The zero-order valence-electron chi connectivity index (χ0n) is 21.9. The van der Waals surface area contributed by atoms with Gasteiger partial charge in [0.2, 0.25) is 5.88 Å². The number of pyridine rings is 1. The molecule has 37 heavy (non-hydrogen) atoms. The molecular formula is C27H34FN5O4. The molecule has 9 nitrogen and oxygen atoms in total. The number of aromatic nitrogens is 1. The minimum atomic E-state index is -0.498. The molecule has 0 aliphatic carbocycles. The second kappa shape index (κ2) is 12.5. The first kappa shape index (κ1) is 27.9. The Kier molecular flexibility index (Phi) is 9.44. The Hall–Kier alpha value is -3.68. The predicted molar refractivity (Wildman–Crippen MR) is 139 cm³/mol. The first-order valence-electron chi connectivity index (χ1n) is 12.1. The van der Waals surface area contributed by atoms with Crippen molar-refractivity contribution < 1.29 is 23.8 Å². The fourth-order valence-corrected chi connectivity index (χ4v) is 3.79. The number of nitrogens with one attached hydrogen (secondary N) is 1. The molecule has 2 heterocycles. The van der Waals surface area contributed by atoms with Gasteiger partial charge in [0.15, 0.2) is 0 Å². The Balaban J connectivity index is 1.86. The van der Waals surface area contributed by atoms with E-state index in [9.17, 15) is 19.1 Å². The number of ether oxygens (including phenoxy) is 1. The molecule has 1 aromatic heterocycles. The van der Waals surface area contributed by atoms with Gasteiger partial charge in [-0.1, -0.05) is 18.8 Å². The Labute approximate surface area is 217 Å². The summed E-state index contributed by atoms with van der Waals surface area (Å²) in [6.07, 6.45) is 1.06. The van der Waals surface area contributed by atoms with Crippen LogP contribution >= 0.6 is 0 Å². The lowest BCUT2D eigenvalue weighted by atomic mass is 10.00. The minimum Gasteiger partial charge on any atom is -0.472 e. The van der Waals surface area contributed by atoms with Gasteiger partial charge in [0.25, 0.3) is 5.91 Å². The molecule has 1 aliphatic heterocycles. The second-order valence-corrected chi connectivity index (χ2v) is 9.56. The van der Waals surface area contributed by atoms with E-state index in [1.54, 1.807) is 31.1 Å². The van der Waals surface area contributed by atoms with Crippen molar-refractivity contribution in [2.75, 3.05) is 52.7 Å². The van der Waals surface area contributed by atoms with Crippen LogP contribution in [0.1, 0.15) is 29.8 Å². The molecule has 1 unspecified atom stereocenters. The standard InChI is InChI=1S/C27H34FN5O4/c1-18-15-33(19(2)17-34)26(35)23-13-20(7-6-12-31(3)4)14-29-25(23)37-24(18)16-32(5)27(36)30-22-10-8-21(28)9-11-22/h8-11,13-14,18-19,24,34H,12,15-17H2,1-5H3,(H,30,36)/t18-,19?,24-/m0/s1. The number of nitrogens with zero attached hydrogens (tertiary/aromatic N) is 4. The third-order valence-corrected chi connectivity index (χ3v) is 6.05. The summed E-state index contributed by atoms with van der Waals surface area (Å²) in [5, 5.41) is 12.5. The molecule has 198 valence electrons. The van der Waals surface area contributed by atoms with Crippen LogP contribution in [-0.2, 0) is 0 Å². The van der Waals surface area contributed by atoms with Crippen molar-refractivity contribution in [3.05, 3.63) is 53.5 Å². The minimum absolute atomic E-state index is 0.155. The topological polar surface area (TPSA) is 98.2 Å². The number of aliphatic hydroxyl groups excluding tert-OH is 1. The summed E-state index contributed by atoms with van der Waals surface area (Å²) in [4.78, 5) is 35.7. The molecule has 3 atom stereocenters. The van der Waals surface area contributed by atoms with E-state index >= 15 is 0 Å². The van der Waals surface area contributed by atoms with Crippen LogP contribution < -0.4 is 10.1 Å². The molecule has 10 heteroatoms. The van der Waals surface area contributed by atoms with Crippen molar-refractivity contribution in [2.24, 2.45) is 5.92 Å². The third-order valence-electron chi connectivity index (χ3n) is 6.05. The molecule has 0 saturated carbocycles. The molecule has 0 bridgehead atoms. The Morgan fingerprint density at radius 3 is 2.68 bits per heavy atom. The zero-order valence-corrected chi connectivity index (χ0v) is 21.9. The molecule has 1 aromatic carbocycles. The van der Waals surface area contributed by atoms with E-state index in [1.807, 2.05) is 25.9 Å². The van der Waals surface area contributed by atoms with Crippen molar-refractivity contribution >= 4 is 17.6 Å². The summed E-state index contributed by atoms with van der Waals surface area (Å²) in [6, 6.07) is 6.34. The van der Waals surface area contributed by atoms with Crippen LogP contribution in [0.2, 0.25) is 0 Å². The molecule has 1 aliphatic rings. The van der Waals surface area contributed by atoms with Crippen LogP contribution in [0, 0.1) is 23.6 Å². The molecule has 0 radical (unpaired) electrons. The number of amides is 3. The summed E-state index contributed by atoms with van der Waals surface area (Å²) >= 11 is 0. The average Bonchev–Trinajstić information content (AvgIpc) is 2.87. The summed E-state index contributed by atoms with van der Waals surface area (Å²) < 4.78 is 19.4. The molecule has 0 spiro atoms. The van der Waals surface area contributed by atoms with E-state index in [2.05, 4.69) is 22.1 Å². The van der Waals surface area contributed by atoms with Gasteiger partial charge in [0.05, 0.1) is 25.7 Å². The summed E-state index contributed by atoms with van der Waals surface area (Å²) in [5.74, 6) is 5.33. The maximum absolute atomic E-state index is 13.5. The molecule has 2 aromatic rings. The third kappa shape index (κ3) is 7.41. The number of benzene rings is 1. The fraction of sp³-hybridized carbons (Fsp3) is 0.444. The predicted octanol–water partition coefficient (Wildman–Crippen LogP) is 2.52. The van der Waals surface area contributed by atoms with E-state index in [4.69, 9.17) is 4.74 Å². The molecular weight excluding hydrogens is 477 g/mol. The highest BCUT2D eigenvalue weighted by Gasteiger charge is 2.34. The number of halogens is 1. The number of carbonyl (C=O) groups excluding carboxylic acids is 2. The summed E-state index contributed by atoms with van der Waals surface area (Å²) in [6.45, 7) is 4.57. The van der Waals surface area contributed by atoms with Gasteiger partial charge in [-0.15, -0.1) is 0 Å². The molecule has 3 amide bonds. The number of hydrogen-bond donors (Lipinski definition) is 2. The fourth-order valence-electron chi connectivity index (χ4n) is 3.79.